The van der Waals surface area contributed by atoms with Crippen LogP contribution in [0.5, 0.6) is 0 Å². The van der Waals surface area contributed by atoms with Gasteiger partial charge in [0.25, 0.3) is 0 Å². The Bertz CT molecular complexity index is 281. The maximum absolute atomic E-state index is 12.1. The lowest BCUT2D eigenvalue weighted by atomic mass is 10.1. The number of amides is 2. The first-order valence-corrected chi connectivity index (χ1v) is 6.41. The molecule has 2 amide bonds. The average Bonchev–Trinajstić information content (AvgIpc) is 2.40. The number of nitrogens with zero attached hydrogens (tertiary/aromatic N) is 1. The van der Waals surface area contributed by atoms with Crippen LogP contribution in [0.15, 0.2) is 0 Å². The van der Waals surface area contributed by atoms with Crippen LogP contribution in [0.4, 0.5) is 4.79 Å². The molecule has 0 saturated heterocycles. The maximum Gasteiger partial charge on any atom is 0.328 e. The van der Waals surface area contributed by atoms with Gasteiger partial charge in [0.15, 0.2) is 6.04 Å². The van der Waals surface area contributed by atoms with E-state index >= 15 is 0 Å². The lowest BCUT2D eigenvalue weighted by Crippen LogP contribution is -2.53. The lowest BCUT2D eigenvalue weighted by Gasteiger charge is -2.31. The molecule has 1 unspecified atom stereocenters. The van der Waals surface area contributed by atoms with Gasteiger partial charge in [-0.15, -0.1) is 0 Å². The van der Waals surface area contributed by atoms with Crippen molar-refractivity contribution < 1.29 is 24.5 Å². The summed E-state index contributed by atoms with van der Waals surface area (Å²) in [5.41, 5.74) is 0. The van der Waals surface area contributed by atoms with Crippen molar-refractivity contribution in [2.75, 3.05) is 26.9 Å². The van der Waals surface area contributed by atoms with Crippen molar-refractivity contribution in [2.24, 2.45) is 0 Å². The minimum Gasteiger partial charge on any atom is -0.480 e. The number of aliphatic hydroxyl groups is 1. The van der Waals surface area contributed by atoms with Crippen molar-refractivity contribution in [3.8, 4) is 0 Å². The van der Waals surface area contributed by atoms with Crippen LogP contribution in [0.3, 0.4) is 0 Å². The van der Waals surface area contributed by atoms with Crippen molar-refractivity contribution in [3.05, 3.63) is 0 Å². The number of methoxy groups -OCH3 is 1. The molecule has 19 heavy (non-hydrogen) atoms. The van der Waals surface area contributed by atoms with Gasteiger partial charge in [0, 0.05) is 19.7 Å². The highest BCUT2D eigenvalue weighted by Gasteiger charge is 2.25. The number of carboxylic acids is 1. The van der Waals surface area contributed by atoms with Crippen LogP contribution < -0.4 is 5.32 Å². The van der Waals surface area contributed by atoms with Crippen LogP contribution in [-0.4, -0.2) is 66.1 Å². The van der Waals surface area contributed by atoms with E-state index < -0.39 is 24.6 Å². The molecule has 0 rings (SSSR count). The molecule has 7 heteroatoms. The largest absolute Gasteiger partial charge is 0.480 e. The summed E-state index contributed by atoms with van der Waals surface area (Å²) in [6, 6.07) is -1.76. The zero-order valence-corrected chi connectivity index (χ0v) is 11.8. The van der Waals surface area contributed by atoms with Crippen LogP contribution >= 0.6 is 0 Å². The Morgan fingerprint density at radius 1 is 1.32 bits per heavy atom. The first-order chi connectivity index (χ1) is 9.01. The molecule has 0 aromatic rings. The lowest BCUT2D eigenvalue weighted by molar-refractivity contribution is -0.140. The van der Waals surface area contributed by atoms with E-state index in [1.165, 1.54) is 7.11 Å². The van der Waals surface area contributed by atoms with Crippen LogP contribution in [0, 0.1) is 0 Å². The van der Waals surface area contributed by atoms with Crippen LogP contribution in [-0.2, 0) is 9.53 Å². The van der Waals surface area contributed by atoms with Crippen molar-refractivity contribution >= 4 is 12.0 Å². The highest BCUT2D eigenvalue weighted by molar-refractivity contribution is 5.82. The van der Waals surface area contributed by atoms with Gasteiger partial charge in [-0.25, -0.2) is 9.59 Å². The van der Waals surface area contributed by atoms with E-state index in [0.717, 1.165) is 12.8 Å². The molecular weight excluding hydrogens is 252 g/mol. The molecule has 112 valence electrons. The molecule has 0 aliphatic carbocycles. The normalized spacial score (nSPS) is 12.3. The second kappa shape index (κ2) is 9.57. The molecule has 3 N–H and O–H groups in total. The predicted octanol–water partition coefficient (Wildman–Crippen LogP) is 0.279. The third-order valence-corrected chi connectivity index (χ3v) is 2.96. The number of nitrogens with one attached hydrogen (secondary N) is 1. The summed E-state index contributed by atoms with van der Waals surface area (Å²) in [5.74, 6) is -1.26. The Morgan fingerprint density at radius 2 is 1.89 bits per heavy atom. The first kappa shape index (κ1) is 17.7. The predicted molar refractivity (Wildman–Crippen MR) is 70.0 cm³/mol. The van der Waals surface area contributed by atoms with E-state index in [9.17, 15) is 9.59 Å². The summed E-state index contributed by atoms with van der Waals surface area (Å²) in [5, 5.41) is 20.0. The summed E-state index contributed by atoms with van der Waals surface area (Å²) in [4.78, 5) is 24.4. The van der Waals surface area contributed by atoms with Gasteiger partial charge in [-0.2, -0.15) is 0 Å². The minimum atomic E-state index is -1.29. The third-order valence-electron chi connectivity index (χ3n) is 2.96. The standard InChI is InChI=1S/C12H24N2O5/c1-4-9(5-2)14(6-7-19-3)12(18)13-10(8-15)11(16)17/h9-10,15H,4-8H2,1-3H3,(H,13,18)(H,16,17). The third kappa shape index (κ3) is 5.89. The van der Waals surface area contributed by atoms with Gasteiger partial charge >= 0.3 is 12.0 Å². The highest BCUT2D eigenvalue weighted by atomic mass is 16.5. The summed E-state index contributed by atoms with van der Waals surface area (Å²) in [6.45, 7) is 4.04. The second-order valence-electron chi connectivity index (χ2n) is 4.18. The molecule has 0 bridgehead atoms. The molecule has 0 aromatic carbocycles. The SMILES string of the molecule is CCC(CC)N(CCOC)C(=O)NC(CO)C(=O)O. The van der Waals surface area contributed by atoms with E-state index in [0.29, 0.717) is 13.2 Å². The smallest absolute Gasteiger partial charge is 0.328 e. The Balaban J connectivity index is 4.73. The van der Waals surface area contributed by atoms with E-state index in [-0.39, 0.29) is 6.04 Å². The number of hydrogen-bond acceptors (Lipinski definition) is 4. The number of rotatable bonds is 9. The molecule has 0 aromatic heterocycles. The minimum absolute atomic E-state index is 0.0169. The molecule has 1 atom stereocenters. The molecule has 0 aliphatic rings. The fourth-order valence-electron chi connectivity index (χ4n) is 1.79. The van der Waals surface area contributed by atoms with Crippen molar-refractivity contribution in [3.63, 3.8) is 0 Å². The Labute approximate surface area is 113 Å². The van der Waals surface area contributed by atoms with Gasteiger partial charge < -0.3 is 25.2 Å². The fourth-order valence-corrected chi connectivity index (χ4v) is 1.79. The summed E-state index contributed by atoms with van der Waals surface area (Å²) in [7, 11) is 1.54. The van der Waals surface area contributed by atoms with E-state index in [1.807, 2.05) is 13.8 Å². The zero-order valence-electron chi connectivity index (χ0n) is 11.8. The quantitative estimate of drug-likeness (QED) is 0.561. The summed E-state index contributed by atoms with van der Waals surface area (Å²) < 4.78 is 4.95. The van der Waals surface area contributed by atoms with Crippen LogP contribution in [0.2, 0.25) is 0 Å². The average molecular weight is 276 g/mol. The molecule has 0 aliphatic heterocycles. The van der Waals surface area contributed by atoms with Crippen LogP contribution in [0.1, 0.15) is 26.7 Å². The number of urea groups is 1. The zero-order chi connectivity index (χ0) is 14.8. The van der Waals surface area contributed by atoms with E-state index in [2.05, 4.69) is 5.32 Å². The molecule has 7 nitrogen and oxygen atoms in total. The number of carboxylic acid groups (broad SMARTS) is 1. The number of aliphatic carboxylic acids is 1. The van der Waals surface area contributed by atoms with Crippen molar-refractivity contribution in [1.29, 1.82) is 0 Å². The molecule has 0 heterocycles. The van der Waals surface area contributed by atoms with Gasteiger partial charge in [-0.05, 0) is 12.8 Å². The van der Waals surface area contributed by atoms with Gasteiger partial charge in [0.05, 0.1) is 13.2 Å². The van der Waals surface area contributed by atoms with Gasteiger partial charge in [0.1, 0.15) is 0 Å². The fraction of sp³-hybridized carbons (Fsp3) is 0.833. The van der Waals surface area contributed by atoms with Crippen molar-refractivity contribution in [2.45, 2.75) is 38.8 Å². The van der Waals surface area contributed by atoms with Crippen LogP contribution in [0.25, 0.3) is 0 Å². The number of carbonyl (C=O) groups is 2. The summed E-state index contributed by atoms with van der Waals surface area (Å²) in [6.07, 6.45) is 1.54. The number of aliphatic hydroxyl groups excluding tert-OH is 1. The van der Waals surface area contributed by atoms with Gasteiger partial charge in [-0.3, -0.25) is 0 Å². The molecule has 0 radical (unpaired) electrons. The number of ether oxygens (including phenoxy) is 1. The molecule has 0 saturated carbocycles. The summed E-state index contributed by atoms with van der Waals surface area (Å²) >= 11 is 0. The Morgan fingerprint density at radius 3 is 2.26 bits per heavy atom. The first-order valence-electron chi connectivity index (χ1n) is 6.41. The van der Waals surface area contributed by atoms with Gasteiger partial charge in [-0.1, -0.05) is 13.8 Å². The molecule has 0 fully saturated rings. The van der Waals surface area contributed by atoms with Crippen molar-refractivity contribution in [1.82, 2.24) is 10.2 Å². The number of carbonyl (C=O) groups excluding carboxylic acids is 1. The van der Waals surface area contributed by atoms with E-state index in [4.69, 9.17) is 14.9 Å². The molecular formula is C12H24N2O5. The topological polar surface area (TPSA) is 99.1 Å². The maximum atomic E-state index is 12.1. The second-order valence-corrected chi connectivity index (χ2v) is 4.18. The monoisotopic (exact) mass is 276 g/mol. The Kier molecular flexibility index (Phi) is 8.90. The van der Waals surface area contributed by atoms with Gasteiger partial charge in [0.2, 0.25) is 0 Å². The Hall–Kier alpha value is -1.34. The number of hydrogen-bond donors (Lipinski definition) is 3. The molecule has 0 spiro atoms. The highest BCUT2D eigenvalue weighted by Crippen LogP contribution is 2.09. The van der Waals surface area contributed by atoms with E-state index in [1.54, 1.807) is 4.90 Å².